The Morgan fingerprint density at radius 3 is 2.74 bits per heavy atom. The molecule has 0 spiro atoms. The van der Waals surface area contributed by atoms with Gasteiger partial charge in [-0.05, 0) is 25.2 Å². The van der Waals surface area contributed by atoms with Crippen LogP contribution in [0.5, 0.6) is 0 Å². The third-order valence-corrected chi connectivity index (χ3v) is 3.22. The van der Waals surface area contributed by atoms with E-state index in [4.69, 9.17) is 0 Å². The van der Waals surface area contributed by atoms with Crippen LogP contribution in [0.4, 0.5) is 5.82 Å². The van der Waals surface area contributed by atoms with Crippen LogP contribution in [0.3, 0.4) is 0 Å². The zero-order valence-corrected chi connectivity index (χ0v) is 11.7. The van der Waals surface area contributed by atoms with E-state index in [0.29, 0.717) is 11.6 Å². The summed E-state index contributed by atoms with van der Waals surface area (Å²) in [5, 5.41) is 3.22. The lowest BCUT2D eigenvalue weighted by atomic mass is 10.1. The van der Waals surface area contributed by atoms with Crippen molar-refractivity contribution in [1.82, 2.24) is 14.9 Å². The van der Waals surface area contributed by atoms with Crippen molar-refractivity contribution < 1.29 is 4.79 Å². The summed E-state index contributed by atoms with van der Waals surface area (Å²) < 4.78 is 0. The van der Waals surface area contributed by atoms with Crippen LogP contribution in [0.25, 0.3) is 0 Å². The second kappa shape index (κ2) is 6.50. The van der Waals surface area contributed by atoms with Crippen LogP contribution < -0.4 is 5.32 Å². The van der Waals surface area contributed by atoms with E-state index in [-0.39, 0.29) is 5.91 Å². The number of aromatic nitrogens is 2. The second-order valence-electron chi connectivity index (χ2n) is 5.42. The number of rotatable bonds is 4. The predicted molar refractivity (Wildman–Crippen MR) is 75.1 cm³/mol. The smallest absolute Gasteiger partial charge is 0.272 e. The van der Waals surface area contributed by atoms with Gasteiger partial charge < -0.3 is 10.2 Å². The molecule has 2 heterocycles. The number of carbonyl (C=O) groups excluding carboxylic acids is 1. The number of nitrogens with zero attached hydrogens (tertiary/aromatic N) is 3. The van der Waals surface area contributed by atoms with Crippen LogP contribution in [0.2, 0.25) is 0 Å². The van der Waals surface area contributed by atoms with Gasteiger partial charge in [0.15, 0.2) is 0 Å². The fraction of sp³-hybridized carbons (Fsp3) is 0.643. The lowest BCUT2D eigenvalue weighted by Gasteiger charge is -2.26. The highest BCUT2D eigenvalue weighted by atomic mass is 16.2. The van der Waals surface area contributed by atoms with Gasteiger partial charge in [-0.2, -0.15) is 0 Å². The molecule has 2 rings (SSSR count). The van der Waals surface area contributed by atoms with Gasteiger partial charge in [-0.3, -0.25) is 4.79 Å². The Morgan fingerprint density at radius 2 is 2.05 bits per heavy atom. The van der Waals surface area contributed by atoms with E-state index in [0.717, 1.165) is 38.3 Å². The van der Waals surface area contributed by atoms with Crippen LogP contribution in [0, 0.1) is 5.92 Å². The molecule has 0 atom stereocenters. The molecule has 0 unspecified atom stereocenters. The molecule has 1 N–H and O–H groups in total. The van der Waals surface area contributed by atoms with Crippen LogP contribution in [0.1, 0.15) is 43.6 Å². The Bertz CT molecular complexity index is 427. The Kier molecular flexibility index (Phi) is 4.71. The van der Waals surface area contributed by atoms with Gasteiger partial charge in [0.25, 0.3) is 5.91 Å². The fourth-order valence-corrected chi connectivity index (χ4v) is 2.14. The van der Waals surface area contributed by atoms with Crippen LogP contribution in [-0.2, 0) is 0 Å². The molecular weight excluding hydrogens is 240 g/mol. The molecule has 19 heavy (non-hydrogen) atoms. The number of hydrogen-bond donors (Lipinski definition) is 1. The first kappa shape index (κ1) is 13.8. The number of piperidine rings is 1. The number of likely N-dealkylation sites (tertiary alicyclic amines) is 1. The lowest BCUT2D eigenvalue weighted by molar-refractivity contribution is 0.0718. The summed E-state index contributed by atoms with van der Waals surface area (Å²) in [4.78, 5) is 22.4. The summed E-state index contributed by atoms with van der Waals surface area (Å²) in [7, 11) is 0. The van der Waals surface area contributed by atoms with Crippen LogP contribution in [0.15, 0.2) is 12.4 Å². The third-order valence-electron chi connectivity index (χ3n) is 3.22. The van der Waals surface area contributed by atoms with Crippen molar-refractivity contribution in [2.45, 2.75) is 33.1 Å². The maximum Gasteiger partial charge on any atom is 0.272 e. The Balaban J connectivity index is 2.02. The summed E-state index contributed by atoms with van der Waals surface area (Å²) >= 11 is 0. The average Bonchev–Trinajstić information content (AvgIpc) is 2.45. The first-order valence-corrected chi connectivity index (χ1v) is 7.02. The molecule has 1 saturated heterocycles. The third kappa shape index (κ3) is 3.91. The molecule has 1 aromatic heterocycles. The van der Waals surface area contributed by atoms with Gasteiger partial charge in [0.1, 0.15) is 17.8 Å². The molecule has 1 aliphatic rings. The minimum Gasteiger partial charge on any atom is -0.370 e. The molecule has 0 saturated carbocycles. The molecule has 5 heteroatoms. The highest BCUT2D eigenvalue weighted by Gasteiger charge is 2.19. The van der Waals surface area contributed by atoms with Crippen molar-refractivity contribution in [2.75, 3.05) is 25.0 Å². The van der Waals surface area contributed by atoms with E-state index in [1.54, 1.807) is 6.07 Å². The Morgan fingerprint density at radius 1 is 1.32 bits per heavy atom. The molecule has 0 aliphatic carbocycles. The van der Waals surface area contributed by atoms with Gasteiger partial charge in [-0.25, -0.2) is 9.97 Å². The highest BCUT2D eigenvalue weighted by molar-refractivity contribution is 5.92. The van der Waals surface area contributed by atoms with E-state index in [9.17, 15) is 4.79 Å². The maximum atomic E-state index is 12.3. The van der Waals surface area contributed by atoms with Gasteiger partial charge >= 0.3 is 0 Å². The summed E-state index contributed by atoms with van der Waals surface area (Å²) in [5.74, 6) is 1.29. The van der Waals surface area contributed by atoms with Gasteiger partial charge in [-0.1, -0.05) is 13.8 Å². The standard InChI is InChI=1S/C14H22N4O/c1-11(2)9-15-13-8-12(16-10-17-13)14(19)18-6-4-3-5-7-18/h8,10-11H,3-7,9H2,1-2H3,(H,15,16,17). The quantitative estimate of drug-likeness (QED) is 0.903. The number of amides is 1. The maximum absolute atomic E-state index is 12.3. The van der Waals surface area contributed by atoms with Crippen molar-refractivity contribution in [1.29, 1.82) is 0 Å². The SMILES string of the molecule is CC(C)CNc1cc(C(=O)N2CCCCC2)ncn1. The van der Waals surface area contributed by atoms with Crippen LogP contribution >= 0.6 is 0 Å². The molecule has 1 aromatic rings. The minimum atomic E-state index is 0.0229. The predicted octanol–water partition coefficient (Wildman–Crippen LogP) is 2.17. The number of carbonyl (C=O) groups is 1. The molecule has 0 aromatic carbocycles. The first-order valence-electron chi connectivity index (χ1n) is 7.02. The van der Waals surface area contributed by atoms with Gasteiger partial charge in [-0.15, -0.1) is 0 Å². The van der Waals surface area contributed by atoms with E-state index in [2.05, 4.69) is 29.1 Å². The van der Waals surface area contributed by atoms with Crippen molar-refractivity contribution in [3.8, 4) is 0 Å². The summed E-state index contributed by atoms with van der Waals surface area (Å²) in [6.07, 6.45) is 4.86. The average molecular weight is 262 g/mol. The van der Waals surface area contributed by atoms with Gasteiger partial charge in [0.2, 0.25) is 0 Å². The molecule has 0 bridgehead atoms. The van der Waals surface area contributed by atoms with Gasteiger partial charge in [0, 0.05) is 25.7 Å². The second-order valence-corrected chi connectivity index (χ2v) is 5.42. The zero-order chi connectivity index (χ0) is 13.7. The van der Waals surface area contributed by atoms with Crippen molar-refractivity contribution in [2.24, 2.45) is 5.92 Å². The monoisotopic (exact) mass is 262 g/mol. The Hall–Kier alpha value is -1.65. The highest BCUT2D eigenvalue weighted by Crippen LogP contribution is 2.13. The molecule has 1 aliphatic heterocycles. The van der Waals surface area contributed by atoms with Crippen molar-refractivity contribution in [3.63, 3.8) is 0 Å². The van der Waals surface area contributed by atoms with E-state index >= 15 is 0 Å². The lowest BCUT2D eigenvalue weighted by Crippen LogP contribution is -2.36. The van der Waals surface area contributed by atoms with E-state index in [1.165, 1.54) is 12.7 Å². The zero-order valence-electron chi connectivity index (χ0n) is 11.7. The number of anilines is 1. The summed E-state index contributed by atoms with van der Waals surface area (Å²) in [5.41, 5.74) is 0.489. The molecule has 104 valence electrons. The Labute approximate surface area is 114 Å². The topological polar surface area (TPSA) is 58.1 Å². The first-order chi connectivity index (χ1) is 9.16. The molecule has 5 nitrogen and oxygen atoms in total. The van der Waals surface area contributed by atoms with E-state index < -0.39 is 0 Å². The van der Waals surface area contributed by atoms with Crippen LogP contribution in [-0.4, -0.2) is 40.4 Å². The normalized spacial score (nSPS) is 15.6. The summed E-state index contributed by atoms with van der Waals surface area (Å²) in [6, 6.07) is 1.75. The summed E-state index contributed by atoms with van der Waals surface area (Å²) in [6.45, 7) is 6.80. The van der Waals surface area contributed by atoms with Gasteiger partial charge in [0.05, 0.1) is 0 Å². The number of nitrogens with one attached hydrogen (secondary N) is 1. The molecular formula is C14H22N4O. The molecule has 1 fully saturated rings. The molecule has 1 amide bonds. The number of hydrogen-bond acceptors (Lipinski definition) is 4. The fourth-order valence-electron chi connectivity index (χ4n) is 2.14. The largest absolute Gasteiger partial charge is 0.370 e. The molecule has 0 radical (unpaired) electrons. The van der Waals surface area contributed by atoms with Crippen molar-refractivity contribution >= 4 is 11.7 Å². The van der Waals surface area contributed by atoms with E-state index in [1.807, 2.05) is 4.90 Å². The van der Waals surface area contributed by atoms with Crippen molar-refractivity contribution in [3.05, 3.63) is 18.1 Å². The minimum absolute atomic E-state index is 0.0229.